The van der Waals surface area contributed by atoms with Crippen molar-refractivity contribution < 1.29 is 24.8 Å². The Kier molecular flexibility index (Phi) is 10.4. The predicted octanol–water partition coefficient (Wildman–Crippen LogP) is 5.12. The van der Waals surface area contributed by atoms with Gasteiger partial charge in [0, 0.05) is 6.42 Å². The SMILES string of the molecule is CCC(O)C[C@@H]1C[C@H](O)[C@@H](O)[C@H](/C=C/[C@H]2[C@H](C)[C@@H]2/C=C/[C@@H](C)/C=C(\C)[C@H]2CC=C(C)[C@@H](CC)O2)O1. The van der Waals surface area contributed by atoms with E-state index in [1.165, 1.54) is 11.1 Å². The van der Waals surface area contributed by atoms with Gasteiger partial charge in [-0.3, -0.25) is 0 Å². The summed E-state index contributed by atoms with van der Waals surface area (Å²) < 4.78 is 12.3. The van der Waals surface area contributed by atoms with Crippen LogP contribution in [0.2, 0.25) is 0 Å². The van der Waals surface area contributed by atoms with Gasteiger partial charge >= 0.3 is 0 Å². The van der Waals surface area contributed by atoms with Crippen LogP contribution in [0.1, 0.15) is 73.6 Å². The molecule has 35 heavy (non-hydrogen) atoms. The van der Waals surface area contributed by atoms with Gasteiger partial charge in [-0.05, 0) is 74.3 Å². The van der Waals surface area contributed by atoms with E-state index in [-0.39, 0.29) is 18.3 Å². The number of hydrogen-bond acceptors (Lipinski definition) is 5. The van der Waals surface area contributed by atoms with Crippen LogP contribution in [0.3, 0.4) is 0 Å². The van der Waals surface area contributed by atoms with Gasteiger partial charge in [-0.2, -0.15) is 0 Å². The van der Waals surface area contributed by atoms with Crippen LogP contribution in [-0.4, -0.2) is 58.0 Å². The van der Waals surface area contributed by atoms with Crippen LogP contribution in [0.4, 0.5) is 0 Å². The maximum absolute atomic E-state index is 10.4. The molecule has 3 aliphatic rings. The van der Waals surface area contributed by atoms with Crippen molar-refractivity contribution in [2.75, 3.05) is 0 Å². The molecule has 2 fully saturated rings. The quantitative estimate of drug-likeness (QED) is 0.372. The van der Waals surface area contributed by atoms with Crippen LogP contribution >= 0.6 is 0 Å². The average Bonchev–Trinajstić information content (AvgIpc) is 3.46. The summed E-state index contributed by atoms with van der Waals surface area (Å²) in [6.45, 7) is 12.9. The van der Waals surface area contributed by atoms with E-state index >= 15 is 0 Å². The number of rotatable bonds is 10. The second-order valence-corrected chi connectivity index (χ2v) is 11.1. The summed E-state index contributed by atoms with van der Waals surface area (Å²) in [6.07, 6.45) is 14.2. The highest BCUT2D eigenvalue weighted by Gasteiger charge is 2.43. The molecule has 2 aliphatic heterocycles. The first-order chi connectivity index (χ1) is 16.6. The van der Waals surface area contributed by atoms with E-state index in [1.807, 2.05) is 13.0 Å². The molecule has 0 spiro atoms. The normalized spacial score (nSPS) is 40.2. The standard InChI is InChI=1S/C30H48O5/c1-7-22(31)16-23-17-26(32)30(33)29(34-23)14-12-25-21(6)24(25)11-9-18(3)15-20(5)28-13-10-19(4)27(8-2)35-28/h9-12,14-15,18,21-33H,7-8,13,16-17H2,1-6H3/b11-9+,14-12+,20-15+/t18-,21-,22?,23-,24+,25+,26+,27-,28-,29+,30-/m1/s1. The van der Waals surface area contributed by atoms with Gasteiger partial charge in [0.25, 0.3) is 0 Å². The monoisotopic (exact) mass is 488 g/mol. The number of hydrogen-bond donors (Lipinski definition) is 3. The summed E-state index contributed by atoms with van der Waals surface area (Å²) >= 11 is 0. The molecule has 5 heteroatoms. The van der Waals surface area contributed by atoms with Crippen LogP contribution in [-0.2, 0) is 9.47 Å². The van der Waals surface area contributed by atoms with Gasteiger partial charge in [0.05, 0.1) is 30.5 Å². The molecule has 1 saturated heterocycles. The molecule has 2 heterocycles. The second kappa shape index (κ2) is 12.8. The zero-order chi connectivity index (χ0) is 25.7. The van der Waals surface area contributed by atoms with Gasteiger partial charge < -0.3 is 24.8 Å². The van der Waals surface area contributed by atoms with Gasteiger partial charge in [0.15, 0.2) is 0 Å². The van der Waals surface area contributed by atoms with Crippen LogP contribution in [0.25, 0.3) is 0 Å². The summed E-state index contributed by atoms with van der Waals surface area (Å²) in [6, 6.07) is 0. The highest BCUT2D eigenvalue weighted by atomic mass is 16.5. The molecule has 1 aliphatic carbocycles. The molecule has 3 N–H and O–H groups in total. The molecule has 198 valence electrons. The lowest BCUT2D eigenvalue weighted by Crippen LogP contribution is -2.48. The molecule has 0 aromatic heterocycles. The molecule has 0 bridgehead atoms. The largest absolute Gasteiger partial charge is 0.393 e. The van der Waals surface area contributed by atoms with Crippen molar-refractivity contribution in [2.24, 2.45) is 23.7 Å². The minimum atomic E-state index is -0.926. The Labute approximate surface area is 212 Å². The van der Waals surface area contributed by atoms with Crippen LogP contribution < -0.4 is 0 Å². The van der Waals surface area contributed by atoms with E-state index < -0.39 is 24.4 Å². The van der Waals surface area contributed by atoms with Gasteiger partial charge in [-0.25, -0.2) is 0 Å². The summed E-state index contributed by atoms with van der Waals surface area (Å²) in [7, 11) is 0. The van der Waals surface area contributed by atoms with E-state index in [1.54, 1.807) is 0 Å². The lowest BCUT2D eigenvalue weighted by Gasteiger charge is -2.36. The van der Waals surface area contributed by atoms with Crippen LogP contribution in [0.5, 0.6) is 0 Å². The first kappa shape index (κ1) is 28.3. The minimum Gasteiger partial charge on any atom is -0.393 e. The molecule has 1 unspecified atom stereocenters. The first-order valence-corrected chi connectivity index (χ1v) is 13.7. The minimum absolute atomic E-state index is 0.176. The number of aliphatic hydroxyl groups is 3. The van der Waals surface area contributed by atoms with Crippen LogP contribution in [0, 0.1) is 23.7 Å². The van der Waals surface area contributed by atoms with Gasteiger partial charge in [0.1, 0.15) is 12.2 Å². The van der Waals surface area contributed by atoms with Gasteiger partial charge in [-0.1, -0.05) is 64.2 Å². The fraction of sp³-hybridized carbons (Fsp3) is 0.733. The van der Waals surface area contributed by atoms with E-state index in [0.717, 1.165) is 12.8 Å². The smallest absolute Gasteiger partial charge is 0.110 e. The fourth-order valence-corrected chi connectivity index (χ4v) is 5.52. The highest BCUT2D eigenvalue weighted by Crippen LogP contribution is 2.48. The zero-order valence-corrected chi connectivity index (χ0v) is 22.5. The Morgan fingerprint density at radius 2 is 1.86 bits per heavy atom. The predicted molar refractivity (Wildman–Crippen MR) is 141 cm³/mol. The molecular weight excluding hydrogens is 440 g/mol. The molecule has 5 nitrogen and oxygen atoms in total. The van der Waals surface area contributed by atoms with Crippen molar-refractivity contribution in [2.45, 2.75) is 116 Å². The molecule has 0 aromatic rings. The Bertz CT molecular complexity index is 797. The molecule has 0 aromatic carbocycles. The van der Waals surface area contributed by atoms with Gasteiger partial charge in [0.2, 0.25) is 0 Å². The lowest BCUT2D eigenvalue weighted by molar-refractivity contribution is -0.158. The third-order valence-electron chi connectivity index (χ3n) is 8.16. The van der Waals surface area contributed by atoms with E-state index in [9.17, 15) is 15.3 Å². The fourth-order valence-electron chi connectivity index (χ4n) is 5.52. The summed E-state index contributed by atoms with van der Waals surface area (Å²) in [5.74, 6) is 1.78. The summed E-state index contributed by atoms with van der Waals surface area (Å²) in [4.78, 5) is 0. The second-order valence-electron chi connectivity index (χ2n) is 11.1. The van der Waals surface area contributed by atoms with Crippen molar-refractivity contribution in [1.29, 1.82) is 0 Å². The average molecular weight is 489 g/mol. The molecule has 0 radical (unpaired) electrons. The van der Waals surface area contributed by atoms with Crippen molar-refractivity contribution in [3.05, 3.63) is 47.6 Å². The number of allylic oxidation sites excluding steroid dienone is 4. The Morgan fingerprint density at radius 1 is 1.14 bits per heavy atom. The van der Waals surface area contributed by atoms with Crippen molar-refractivity contribution in [3.63, 3.8) is 0 Å². The highest BCUT2D eigenvalue weighted by molar-refractivity contribution is 5.20. The molecule has 0 amide bonds. The van der Waals surface area contributed by atoms with Crippen LogP contribution in [0.15, 0.2) is 47.6 Å². The third kappa shape index (κ3) is 7.62. The summed E-state index contributed by atoms with van der Waals surface area (Å²) in [5.41, 5.74) is 2.65. The molecular formula is C30H48O5. The topological polar surface area (TPSA) is 79.2 Å². The first-order valence-electron chi connectivity index (χ1n) is 13.7. The third-order valence-corrected chi connectivity index (χ3v) is 8.16. The maximum atomic E-state index is 10.4. The van der Waals surface area contributed by atoms with E-state index in [4.69, 9.17) is 9.47 Å². The summed E-state index contributed by atoms with van der Waals surface area (Å²) in [5, 5.41) is 30.6. The number of aliphatic hydroxyl groups excluding tert-OH is 3. The van der Waals surface area contributed by atoms with Crippen molar-refractivity contribution >= 4 is 0 Å². The molecule has 1 saturated carbocycles. The van der Waals surface area contributed by atoms with E-state index in [0.29, 0.717) is 42.9 Å². The molecule has 11 atom stereocenters. The van der Waals surface area contributed by atoms with Crippen molar-refractivity contribution in [3.8, 4) is 0 Å². The maximum Gasteiger partial charge on any atom is 0.110 e. The van der Waals surface area contributed by atoms with E-state index in [2.05, 4.69) is 65.0 Å². The van der Waals surface area contributed by atoms with Crippen molar-refractivity contribution in [1.82, 2.24) is 0 Å². The number of ether oxygens (including phenoxy) is 2. The molecule has 3 rings (SSSR count). The zero-order valence-electron chi connectivity index (χ0n) is 22.5. The Hall–Kier alpha value is -1.24. The Morgan fingerprint density at radius 3 is 2.54 bits per heavy atom. The van der Waals surface area contributed by atoms with Gasteiger partial charge in [-0.15, -0.1) is 0 Å². The lowest BCUT2D eigenvalue weighted by atomic mass is 9.94. The Balaban J connectivity index is 1.52.